The number of benzene rings is 2. The summed E-state index contributed by atoms with van der Waals surface area (Å²) >= 11 is 0. The highest BCUT2D eigenvalue weighted by Gasteiger charge is 2.31. The third kappa shape index (κ3) is 3.43. The van der Waals surface area contributed by atoms with Gasteiger partial charge in [-0.1, -0.05) is 29.4 Å². The molecule has 0 N–H and O–H groups in total. The van der Waals surface area contributed by atoms with Crippen LogP contribution in [0.1, 0.15) is 33.8 Å². The van der Waals surface area contributed by atoms with Gasteiger partial charge < -0.3 is 18.7 Å². The number of rotatable bonds is 5. The van der Waals surface area contributed by atoms with Gasteiger partial charge in [-0.25, -0.2) is 9.59 Å². The van der Waals surface area contributed by atoms with E-state index in [-0.39, 0.29) is 18.8 Å². The Morgan fingerprint density at radius 3 is 2.61 bits per heavy atom. The van der Waals surface area contributed by atoms with Crippen molar-refractivity contribution in [2.75, 3.05) is 6.61 Å². The highest BCUT2D eigenvalue weighted by Crippen LogP contribution is 2.29. The maximum absolute atomic E-state index is 12.8. The molecule has 0 saturated carbocycles. The number of hydrogen-bond acceptors (Lipinski definition) is 7. The van der Waals surface area contributed by atoms with E-state index in [4.69, 9.17) is 18.7 Å². The second-order valence-electron chi connectivity index (χ2n) is 6.64. The van der Waals surface area contributed by atoms with E-state index in [0.717, 1.165) is 22.0 Å². The molecule has 1 aromatic heterocycles. The molecular weight excluding hydrogens is 362 g/mol. The second kappa shape index (κ2) is 7.34. The van der Waals surface area contributed by atoms with Crippen LogP contribution in [-0.2, 0) is 20.9 Å². The van der Waals surface area contributed by atoms with Gasteiger partial charge in [0.2, 0.25) is 6.10 Å². The highest BCUT2D eigenvalue weighted by atomic mass is 16.6. The summed E-state index contributed by atoms with van der Waals surface area (Å²) in [7, 11) is 0. The number of carbonyl (C=O) groups excluding carboxylic acids is 2. The van der Waals surface area contributed by atoms with E-state index >= 15 is 0 Å². The molecule has 1 saturated heterocycles. The Bertz CT molecular complexity index is 1030. The molecule has 144 valence electrons. The van der Waals surface area contributed by atoms with Crippen LogP contribution in [0.25, 0.3) is 10.8 Å². The van der Waals surface area contributed by atoms with Gasteiger partial charge in [0.15, 0.2) is 0 Å². The van der Waals surface area contributed by atoms with Crippen LogP contribution in [0.5, 0.6) is 5.75 Å². The Morgan fingerprint density at radius 2 is 1.96 bits per heavy atom. The van der Waals surface area contributed by atoms with Crippen LogP contribution in [0.2, 0.25) is 0 Å². The van der Waals surface area contributed by atoms with Gasteiger partial charge in [-0.15, -0.1) is 0 Å². The fraction of sp³-hybridized carbons (Fsp3) is 0.286. The molecule has 28 heavy (non-hydrogen) atoms. The van der Waals surface area contributed by atoms with E-state index in [0.29, 0.717) is 17.9 Å². The predicted molar refractivity (Wildman–Crippen MR) is 99.0 cm³/mol. The van der Waals surface area contributed by atoms with E-state index in [1.165, 1.54) is 0 Å². The van der Waals surface area contributed by atoms with Gasteiger partial charge in [-0.05, 0) is 36.8 Å². The van der Waals surface area contributed by atoms with Crippen LogP contribution in [0.3, 0.4) is 0 Å². The molecule has 1 aliphatic heterocycles. The van der Waals surface area contributed by atoms with Gasteiger partial charge in [-0.2, -0.15) is 0 Å². The lowest BCUT2D eigenvalue weighted by Gasteiger charge is -2.14. The zero-order valence-electron chi connectivity index (χ0n) is 15.6. The summed E-state index contributed by atoms with van der Waals surface area (Å²) in [4.78, 5) is 24.4. The number of esters is 2. The fourth-order valence-electron chi connectivity index (χ4n) is 3.13. The first-order chi connectivity index (χ1) is 13.5. The lowest BCUT2D eigenvalue weighted by atomic mass is 10.1. The van der Waals surface area contributed by atoms with Crippen LogP contribution in [0, 0.1) is 13.8 Å². The topological polar surface area (TPSA) is 87.9 Å². The Labute approximate surface area is 161 Å². The van der Waals surface area contributed by atoms with Crippen LogP contribution in [-0.4, -0.2) is 29.8 Å². The van der Waals surface area contributed by atoms with Gasteiger partial charge in [0.25, 0.3) is 0 Å². The number of ether oxygens (including phenoxy) is 3. The van der Waals surface area contributed by atoms with Crippen molar-refractivity contribution in [2.45, 2.75) is 33.0 Å². The SMILES string of the molecule is Cc1noc(C)c1COc1cc2ccccc2cc1C(=O)O[C@@H]1CCOC1=O. The number of nitrogens with zero attached hydrogens (tertiary/aromatic N) is 1. The molecule has 0 unspecified atom stereocenters. The average molecular weight is 381 g/mol. The summed E-state index contributed by atoms with van der Waals surface area (Å²) in [5.74, 6) is -0.109. The zero-order chi connectivity index (χ0) is 19.7. The third-order valence-electron chi connectivity index (χ3n) is 4.76. The van der Waals surface area contributed by atoms with Crippen molar-refractivity contribution < 1.29 is 28.3 Å². The van der Waals surface area contributed by atoms with Crippen molar-refractivity contribution in [1.29, 1.82) is 0 Å². The van der Waals surface area contributed by atoms with E-state index in [1.807, 2.05) is 31.2 Å². The fourth-order valence-corrected chi connectivity index (χ4v) is 3.13. The lowest BCUT2D eigenvalue weighted by molar-refractivity contribution is -0.145. The molecule has 0 radical (unpaired) electrons. The summed E-state index contributed by atoms with van der Waals surface area (Å²) in [5, 5.41) is 5.71. The van der Waals surface area contributed by atoms with Gasteiger partial charge in [-0.3, -0.25) is 0 Å². The van der Waals surface area contributed by atoms with E-state index < -0.39 is 18.0 Å². The quantitative estimate of drug-likeness (QED) is 0.625. The standard InChI is InChI=1S/C21H19NO6/c1-12-17(13(2)28-22-12)11-26-19-10-15-6-4-3-5-14(15)9-16(19)20(23)27-18-7-8-25-21(18)24/h3-6,9-10,18H,7-8,11H2,1-2H3/t18-/m1/s1. The van der Waals surface area contributed by atoms with Gasteiger partial charge in [0.05, 0.1) is 17.9 Å². The molecule has 7 heteroatoms. The maximum atomic E-state index is 12.8. The minimum atomic E-state index is -0.880. The molecule has 3 aromatic rings. The van der Waals surface area contributed by atoms with Crippen LogP contribution >= 0.6 is 0 Å². The summed E-state index contributed by atoms with van der Waals surface area (Å²) < 4.78 is 21.3. The molecule has 1 aliphatic rings. The average Bonchev–Trinajstić information content (AvgIpc) is 3.24. The van der Waals surface area contributed by atoms with Crippen molar-refractivity contribution in [1.82, 2.24) is 5.16 Å². The molecule has 7 nitrogen and oxygen atoms in total. The molecule has 1 atom stereocenters. The number of cyclic esters (lactones) is 1. The van der Waals surface area contributed by atoms with Crippen LogP contribution in [0.15, 0.2) is 40.9 Å². The highest BCUT2D eigenvalue weighted by molar-refractivity contribution is 5.99. The normalized spacial score (nSPS) is 16.2. The number of carbonyl (C=O) groups is 2. The molecule has 4 rings (SSSR count). The van der Waals surface area contributed by atoms with E-state index in [2.05, 4.69) is 5.16 Å². The number of hydrogen-bond donors (Lipinski definition) is 0. The first-order valence-electron chi connectivity index (χ1n) is 8.98. The first-order valence-corrected chi connectivity index (χ1v) is 8.98. The van der Waals surface area contributed by atoms with Crippen molar-refractivity contribution >= 4 is 22.7 Å². The van der Waals surface area contributed by atoms with E-state index in [9.17, 15) is 9.59 Å². The molecule has 0 aliphatic carbocycles. The first kappa shape index (κ1) is 18.0. The summed E-state index contributed by atoms with van der Waals surface area (Å²) in [6.45, 7) is 4.09. The van der Waals surface area contributed by atoms with Gasteiger partial charge >= 0.3 is 11.9 Å². The second-order valence-corrected chi connectivity index (χ2v) is 6.64. The molecule has 1 fully saturated rings. The predicted octanol–water partition coefficient (Wildman–Crippen LogP) is 3.50. The lowest BCUT2D eigenvalue weighted by Crippen LogP contribution is -2.23. The van der Waals surface area contributed by atoms with Crippen molar-refractivity contribution in [3.8, 4) is 5.75 Å². The summed E-state index contributed by atoms with van der Waals surface area (Å²) in [5.41, 5.74) is 1.81. The van der Waals surface area contributed by atoms with E-state index in [1.54, 1.807) is 19.1 Å². The van der Waals surface area contributed by atoms with Gasteiger partial charge in [0.1, 0.15) is 23.7 Å². The monoisotopic (exact) mass is 381 g/mol. The smallest absolute Gasteiger partial charge is 0.347 e. The minimum Gasteiger partial charge on any atom is -0.488 e. The zero-order valence-corrected chi connectivity index (χ0v) is 15.6. The van der Waals surface area contributed by atoms with Crippen molar-refractivity contribution in [3.63, 3.8) is 0 Å². The Hall–Kier alpha value is -3.35. The molecule has 0 bridgehead atoms. The van der Waals surface area contributed by atoms with Gasteiger partial charge in [0, 0.05) is 6.42 Å². The van der Waals surface area contributed by atoms with Crippen LogP contribution in [0.4, 0.5) is 0 Å². The van der Waals surface area contributed by atoms with Crippen molar-refractivity contribution in [3.05, 3.63) is 59.0 Å². The molecular formula is C21H19NO6. The largest absolute Gasteiger partial charge is 0.488 e. The van der Waals surface area contributed by atoms with Crippen LogP contribution < -0.4 is 4.74 Å². The number of fused-ring (bicyclic) bond motifs is 1. The third-order valence-corrected chi connectivity index (χ3v) is 4.76. The molecule has 2 aromatic carbocycles. The molecule has 0 amide bonds. The molecule has 0 spiro atoms. The maximum Gasteiger partial charge on any atom is 0.347 e. The summed E-state index contributed by atoms with van der Waals surface area (Å²) in [6.07, 6.45) is -0.526. The Morgan fingerprint density at radius 1 is 1.21 bits per heavy atom. The number of aryl methyl sites for hydroxylation is 2. The Kier molecular flexibility index (Phi) is 4.73. The minimum absolute atomic E-state index is 0.200. The molecule has 2 heterocycles. The Balaban J connectivity index is 1.66. The summed E-state index contributed by atoms with van der Waals surface area (Å²) in [6, 6.07) is 11.1. The van der Waals surface area contributed by atoms with Crippen molar-refractivity contribution in [2.24, 2.45) is 0 Å². The number of aromatic nitrogens is 1.